The van der Waals surface area contributed by atoms with E-state index in [2.05, 4.69) is 35.8 Å². The van der Waals surface area contributed by atoms with Gasteiger partial charge >= 0.3 is 0 Å². The number of halogens is 2. The van der Waals surface area contributed by atoms with Crippen molar-refractivity contribution in [3.63, 3.8) is 0 Å². The molecule has 0 unspecified atom stereocenters. The second-order valence-electron chi connectivity index (χ2n) is 10.1. The number of carbonyl (C=O) groups is 1. The molecule has 0 fully saturated rings. The highest BCUT2D eigenvalue weighted by Gasteiger charge is 2.18. The average Bonchev–Trinajstić information content (AvgIpc) is 3.68. The summed E-state index contributed by atoms with van der Waals surface area (Å²) in [4.78, 5) is 24.2. The van der Waals surface area contributed by atoms with E-state index < -0.39 is 0 Å². The predicted molar refractivity (Wildman–Crippen MR) is 159 cm³/mol. The maximum absolute atomic E-state index is 13.8. The van der Waals surface area contributed by atoms with Crippen molar-refractivity contribution in [3.8, 4) is 11.3 Å². The number of anilines is 1. The summed E-state index contributed by atoms with van der Waals surface area (Å²) >= 11 is 0. The van der Waals surface area contributed by atoms with Gasteiger partial charge in [-0.15, -0.1) is 5.10 Å². The second-order valence-corrected chi connectivity index (χ2v) is 10.1. The third-order valence-corrected chi connectivity index (χ3v) is 7.11. The van der Waals surface area contributed by atoms with E-state index in [4.69, 9.17) is 0 Å². The molecule has 2 aromatic carbocycles. The minimum atomic E-state index is -0.364. The number of nitrogens with zero attached hydrogens (tertiary/aromatic N) is 7. The molecule has 12 heteroatoms. The number of pyridine rings is 1. The molecule has 10 nitrogen and oxygen atoms in total. The Morgan fingerprint density at radius 3 is 2.65 bits per heavy atom. The number of aromatic nitrogens is 7. The largest absolute Gasteiger partial charge is 0.369 e. The molecule has 1 amide bonds. The van der Waals surface area contributed by atoms with E-state index in [1.54, 1.807) is 27.7 Å². The van der Waals surface area contributed by atoms with Gasteiger partial charge in [0, 0.05) is 49.1 Å². The van der Waals surface area contributed by atoms with Crippen molar-refractivity contribution in [3.05, 3.63) is 102 Å². The summed E-state index contributed by atoms with van der Waals surface area (Å²) in [5, 5.41) is 18.7. The second kappa shape index (κ2) is 12.7. The fraction of sp³-hybridized carbons (Fsp3) is 0.226. The molecular formula is C31H29F2N9O. The first-order chi connectivity index (χ1) is 21.1. The SMILES string of the molecule is O=C(c1ccc(-c2cnc3ccc(NCCCCF)nn23)cc1)N(CCc1cc(F)ccn1)Cc1ccc2n[nH]nc2c1. The molecule has 0 atom stereocenters. The Hall–Kier alpha value is -5.26. The molecule has 0 bridgehead atoms. The van der Waals surface area contributed by atoms with E-state index in [0.717, 1.165) is 22.3 Å². The van der Waals surface area contributed by atoms with Gasteiger partial charge in [0.2, 0.25) is 0 Å². The predicted octanol–water partition coefficient (Wildman–Crippen LogP) is 5.25. The summed E-state index contributed by atoms with van der Waals surface area (Å²) in [5.74, 6) is 0.139. The third kappa shape index (κ3) is 6.48. The highest BCUT2D eigenvalue weighted by molar-refractivity contribution is 5.94. The zero-order valence-corrected chi connectivity index (χ0v) is 23.2. The Kier molecular flexibility index (Phi) is 8.25. The van der Waals surface area contributed by atoms with Crippen LogP contribution in [0.3, 0.4) is 0 Å². The summed E-state index contributed by atoms with van der Waals surface area (Å²) in [6.45, 7) is 0.962. The van der Waals surface area contributed by atoms with Gasteiger partial charge < -0.3 is 10.2 Å². The zero-order chi connectivity index (χ0) is 29.6. The summed E-state index contributed by atoms with van der Waals surface area (Å²) in [6, 6.07) is 19.4. The number of hydrogen-bond acceptors (Lipinski definition) is 7. The highest BCUT2D eigenvalue weighted by Crippen LogP contribution is 2.23. The molecule has 0 aliphatic carbocycles. The first-order valence-electron chi connectivity index (χ1n) is 14.0. The van der Waals surface area contributed by atoms with Crippen LogP contribution in [-0.2, 0) is 13.0 Å². The lowest BCUT2D eigenvalue weighted by Crippen LogP contribution is -2.32. The number of rotatable bonds is 12. The van der Waals surface area contributed by atoms with Gasteiger partial charge in [-0.25, -0.2) is 13.9 Å². The fourth-order valence-electron chi connectivity index (χ4n) is 4.86. The van der Waals surface area contributed by atoms with Crippen LogP contribution in [0.4, 0.5) is 14.6 Å². The van der Waals surface area contributed by atoms with Crippen molar-refractivity contribution < 1.29 is 13.6 Å². The number of amides is 1. The number of benzene rings is 2. The maximum atomic E-state index is 13.8. The third-order valence-electron chi connectivity index (χ3n) is 7.11. The van der Waals surface area contributed by atoms with Crippen LogP contribution >= 0.6 is 0 Å². The van der Waals surface area contributed by atoms with Crippen LogP contribution in [0.2, 0.25) is 0 Å². The first-order valence-corrected chi connectivity index (χ1v) is 14.0. The Morgan fingerprint density at radius 2 is 1.81 bits per heavy atom. The van der Waals surface area contributed by atoms with Crippen LogP contribution in [0.5, 0.6) is 0 Å². The molecule has 43 heavy (non-hydrogen) atoms. The lowest BCUT2D eigenvalue weighted by atomic mass is 10.1. The molecule has 6 aromatic rings. The molecule has 2 N–H and O–H groups in total. The van der Waals surface area contributed by atoms with E-state index >= 15 is 0 Å². The average molecular weight is 582 g/mol. The van der Waals surface area contributed by atoms with E-state index in [-0.39, 0.29) is 18.4 Å². The van der Waals surface area contributed by atoms with E-state index in [9.17, 15) is 13.6 Å². The van der Waals surface area contributed by atoms with Crippen LogP contribution in [0.1, 0.15) is 34.5 Å². The van der Waals surface area contributed by atoms with Crippen molar-refractivity contribution in [1.29, 1.82) is 0 Å². The van der Waals surface area contributed by atoms with Crippen LogP contribution in [-0.4, -0.2) is 65.6 Å². The van der Waals surface area contributed by atoms with E-state index in [1.807, 2.05) is 42.5 Å². The minimum absolute atomic E-state index is 0.167. The number of fused-ring (bicyclic) bond motifs is 2. The normalized spacial score (nSPS) is 11.3. The molecule has 218 valence electrons. The van der Waals surface area contributed by atoms with Gasteiger partial charge in [0.05, 0.1) is 18.6 Å². The number of aromatic amines is 1. The summed E-state index contributed by atoms with van der Waals surface area (Å²) < 4.78 is 27.9. The first kappa shape index (κ1) is 27.9. The van der Waals surface area contributed by atoms with E-state index in [1.165, 1.54) is 18.3 Å². The molecule has 4 aromatic heterocycles. The highest BCUT2D eigenvalue weighted by atomic mass is 19.1. The topological polar surface area (TPSA) is 117 Å². The van der Waals surface area contributed by atoms with Crippen molar-refractivity contribution in [2.75, 3.05) is 25.1 Å². The summed E-state index contributed by atoms with van der Waals surface area (Å²) in [7, 11) is 0. The Bertz CT molecular complexity index is 1850. The van der Waals surface area contributed by atoms with Crippen molar-refractivity contribution in [2.45, 2.75) is 25.8 Å². The van der Waals surface area contributed by atoms with Crippen LogP contribution in [0.15, 0.2) is 79.1 Å². The van der Waals surface area contributed by atoms with Gasteiger partial charge in [-0.2, -0.15) is 15.4 Å². The van der Waals surface area contributed by atoms with Crippen LogP contribution in [0, 0.1) is 5.82 Å². The van der Waals surface area contributed by atoms with Crippen LogP contribution in [0.25, 0.3) is 27.9 Å². The molecule has 0 saturated carbocycles. The number of unbranched alkanes of at least 4 members (excludes halogenated alkanes) is 1. The monoisotopic (exact) mass is 581 g/mol. The fourth-order valence-corrected chi connectivity index (χ4v) is 4.86. The number of carbonyl (C=O) groups excluding carboxylic acids is 1. The Labute approximate surface area is 245 Å². The number of alkyl halides is 1. The molecule has 0 aliphatic heterocycles. The minimum Gasteiger partial charge on any atom is -0.369 e. The molecule has 4 heterocycles. The van der Waals surface area contributed by atoms with Gasteiger partial charge in [-0.1, -0.05) is 18.2 Å². The van der Waals surface area contributed by atoms with Gasteiger partial charge in [-0.05, 0) is 66.9 Å². The Balaban J connectivity index is 1.22. The van der Waals surface area contributed by atoms with Gasteiger partial charge in [0.15, 0.2) is 5.65 Å². The smallest absolute Gasteiger partial charge is 0.254 e. The maximum Gasteiger partial charge on any atom is 0.254 e. The summed E-state index contributed by atoms with van der Waals surface area (Å²) in [6.07, 6.45) is 4.78. The number of imidazole rings is 1. The molecule has 0 spiro atoms. The standard InChI is InChI=1S/C31H29F2N9O/c32-13-1-2-14-35-29-9-10-30-36-19-28(42(30)39-29)22-4-6-23(7-5-22)31(43)41(16-12-25-18-24(33)11-15-34-25)20-21-3-8-26-27(17-21)38-40-37-26/h3-11,15,17-19H,1-2,12-14,16,20H2,(H,35,39)(H,37,38,40). The zero-order valence-electron chi connectivity index (χ0n) is 23.2. The van der Waals surface area contributed by atoms with Gasteiger partial charge in [0.25, 0.3) is 5.91 Å². The number of nitrogens with one attached hydrogen (secondary N) is 2. The van der Waals surface area contributed by atoms with Gasteiger partial charge in [0.1, 0.15) is 22.7 Å². The number of hydrogen-bond donors (Lipinski definition) is 2. The Morgan fingerprint density at radius 1 is 0.953 bits per heavy atom. The molecule has 0 aliphatic rings. The molecule has 0 radical (unpaired) electrons. The van der Waals surface area contributed by atoms with Crippen molar-refractivity contribution >= 4 is 28.4 Å². The lowest BCUT2D eigenvalue weighted by Gasteiger charge is -2.23. The number of H-pyrrole nitrogens is 1. The quantitative estimate of drug-likeness (QED) is 0.190. The van der Waals surface area contributed by atoms with Crippen molar-refractivity contribution in [1.82, 2.24) is 39.9 Å². The van der Waals surface area contributed by atoms with E-state index in [0.29, 0.717) is 67.1 Å². The molecule has 0 saturated heterocycles. The lowest BCUT2D eigenvalue weighted by molar-refractivity contribution is 0.0745. The van der Waals surface area contributed by atoms with Gasteiger partial charge in [-0.3, -0.25) is 14.2 Å². The summed E-state index contributed by atoms with van der Waals surface area (Å²) in [5.41, 5.74) is 5.72. The molecular weight excluding hydrogens is 552 g/mol. The van der Waals surface area contributed by atoms with Crippen molar-refractivity contribution in [2.24, 2.45) is 0 Å². The van der Waals surface area contributed by atoms with Crippen LogP contribution < -0.4 is 5.32 Å². The molecule has 6 rings (SSSR count).